The molecular weight excluding hydrogens is 320 g/mol. The number of nitrogens with one attached hydrogen (secondary N) is 1. The van der Waals surface area contributed by atoms with Gasteiger partial charge in [0.25, 0.3) is 0 Å². The minimum atomic E-state index is -3.23. The minimum Gasteiger partial charge on any atom is -0.369 e. The number of aromatic nitrogens is 5. The van der Waals surface area contributed by atoms with E-state index in [9.17, 15) is 8.42 Å². The molecule has 0 bridgehead atoms. The van der Waals surface area contributed by atoms with Gasteiger partial charge in [0.2, 0.25) is 10.0 Å². The monoisotopic (exact) mass is 340 g/mol. The summed E-state index contributed by atoms with van der Waals surface area (Å²) < 4.78 is 35.2. The summed E-state index contributed by atoms with van der Waals surface area (Å²) in [5.74, 6) is 0.124. The Morgan fingerprint density at radius 3 is 3.00 bits per heavy atom. The van der Waals surface area contributed by atoms with E-state index < -0.39 is 10.0 Å². The third-order valence-corrected chi connectivity index (χ3v) is 5.29. The van der Waals surface area contributed by atoms with Gasteiger partial charge < -0.3 is 4.74 Å². The van der Waals surface area contributed by atoms with Crippen molar-refractivity contribution in [1.82, 2.24) is 29.5 Å². The van der Waals surface area contributed by atoms with Crippen molar-refractivity contribution in [3.63, 3.8) is 0 Å². The van der Waals surface area contributed by atoms with Crippen molar-refractivity contribution in [2.45, 2.75) is 32.6 Å². The van der Waals surface area contributed by atoms with Crippen molar-refractivity contribution in [3.8, 4) is 11.4 Å². The second kappa shape index (κ2) is 6.38. The fraction of sp³-hybridized carbons (Fsp3) is 0.615. The molecule has 126 valence electrons. The molecule has 1 atom stereocenters. The molecule has 0 spiro atoms. The molecule has 0 radical (unpaired) electrons. The Hall–Kier alpha value is -1.78. The second-order valence-electron chi connectivity index (χ2n) is 5.51. The molecule has 2 aromatic heterocycles. The third kappa shape index (κ3) is 3.43. The zero-order valence-corrected chi connectivity index (χ0v) is 14.0. The van der Waals surface area contributed by atoms with Crippen LogP contribution in [-0.2, 0) is 35.0 Å². The zero-order valence-electron chi connectivity index (χ0n) is 13.1. The number of ether oxygens (including phenoxy) is 1. The maximum atomic E-state index is 11.7. The van der Waals surface area contributed by atoms with E-state index >= 15 is 0 Å². The fourth-order valence-corrected chi connectivity index (χ4v) is 3.68. The highest BCUT2D eigenvalue weighted by Gasteiger charge is 2.26. The van der Waals surface area contributed by atoms with Crippen molar-refractivity contribution >= 4 is 10.0 Å². The van der Waals surface area contributed by atoms with Crippen molar-refractivity contribution in [2.24, 2.45) is 7.05 Å². The number of hydrogen-bond acceptors (Lipinski definition) is 6. The molecule has 0 fully saturated rings. The Morgan fingerprint density at radius 2 is 2.30 bits per heavy atom. The van der Waals surface area contributed by atoms with Crippen LogP contribution in [0.4, 0.5) is 0 Å². The summed E-state index contributed by atoms with van der Waals surface area (Å²) in [6, 6.07) is 1.87. The highest BCUT2D eigenvalue weighted by molar-refractivity contribution is 7.89. The average Bonchev–Trinajstić information content (AvgIpc) is 3.10. The predicted octanol–water partition coefficient (Wildman–Crippen LogP) is -0.0932. The summed E-state index contributed by atoms with van der Waals surface area (Å²) in [6.07, 6.45) is 2.04. The van der Waals surface area contributed by atoms with Crippen LogP contribution in [0.5, 0.6) is 0 Å². The Morgan fingerprint density at radius 1 is 1.48 bits per heavy atom. The molecule has 0 amide bonds. The molecule has 23 heavy (non-hydrogen) atoms. The molecular formula is C13H20N6O3S. The lowest BCUT2D eigenvalue weighted by Crippen LogP contribution is -2.39. The summed E-state index contributed by atoms with van der Waals surface area (Å²) in [7, 11) is -1.39. The molecule has 3 heterocycles. The minimum absolute atomic E-state index is 0.124. The Bertz CT molecular complexity index is 781. The Labute approximate surface area is 134 Å². The summed E-state index contributed by atoms with van der Waals surface area (Å²) in [5, 5.41) is 12.5. The van der Waals surface area contributed by atoms with Crippen LogP contribution in [0.2, 0.25) is 0 Å². The summed E-state index contributed by atoms with van der Waals surface area (Å²) in [6.45, 7) is 2.88. The maximum absolute atomic E-state index is 11.7. The first kappa shape index (κ1) is 16.1. The van der Waals surface area contributed by atoms with Gasteiger partial charge in [-0.25, -0.2) is 17.8 Å². The van der Waals surface area contributed by atoms with Gasteiger partial charge in [0.1, 0.15) is 5.69 Å². The van der Waals surface area contributed by atoms with Gasteiger partial charge in [-0.2, -0.15) is 5.10 Å². The summed E-state index contributed by atoms with van der Waals surface area (Å²) in [4.78, 5) is 0. The first-order valence-corrected chi connectivity index (χ1v) is 9.15. The zero-order chi connectivity index (χ0) is 16.4. The average molecular weight is 340 g/mol. The molecule has 9 nitrogen and oxygen atoms in total. The molecule has 1 aliphatic rings. The molecule has 0 aromatic carbocycles. The van der Waals surface area contributed by atoms with Crippen molar-refractivity contribution in [1.29, 1.82) is 0 Å². The van der Waals surface area contributed by atoms with E-state index in [0.717, 1.165) is 17.1 Å². The first-order chi connectivity index (χ1) is 11.0. The summed E-state index contributed by atoms with van der Waals surface area (Å²) in [5.41, 5.74) is 2.49. The predicted molar refractivity (Wildman–Crippen MR) is 82.9 cm³/mol. The maximum Gasteiger partial charge on any atom is 0.211 e. The van der Waals surface area contributed by atoms with Gasteiger partial charge >= 0.3 is 0 Å². The molecule has 10 heteroatoms. The van der Waals surface area contributed by atoms with Crippen LogP contribution in [0.15, 0.2) is 12.3 Å². The van der Waals surface area contributed by atoms with Gasteiger partial charge in [-0.15, -0.1) is 5.10 Å². The number of aryl methyl sites for hydroxylation is 1. The van der Waals surface area contributed by atoms with E-state index in [4.69, 9.17) is 4.74 Å². The number of sulfonamides is 1. The Kier molecular flexibility index (Phi) is 4.46. The number of nitrogens with zero attached hydrogens (tertiary/aromatic N) is 5. The van der Waals surface area contributed by atoms with Crippen LogP contribution in [0.1, 0.15) is 19.0 Å². The van der Waals surface area contributed by atoms with E-state index in [1.807, 2.05) is 20.0 Å². The number of hydrogen-bond donors (Lipinski definition) is 1. The van der Waals surface area contributed by atoms with E-state index in [2.05, 4.69) is 20.1 Å². The van der Waals surface area contributed by atoms with Gasteiger partial charge in [0.05, 0.1) is 36.4 Å². The Balaban J connectivity index is 1.69. The highest BCUT2D eigenvalue weighted by atomic mass is 32.2. The van der Waals surface area contributed by atoms with Gasteiger partial charge in [-0.05, 0) is 12.5 Å². The highest BCUT2D eigenvalue weighted by Crippen LogP contribution is 2.24. The third-order valence-electron chi connectivity index (χ3n) is 3.74. The van der Waals surface area contributed by atoms with Gasteiger partial charge in [-0.3, -0.25) is 4.68 Å². The fourth-order valence-electron chi connectivity index (χ4n) is 2.55. The number of fused-ring (bicyclic) bond motifs is 1. The van der Waals surface area contributed by atoms with Crippen molar-refractivity contribution in [2.75, 3.05) is 12.3 Å². The lowest BCUT2D eigenvalue weighted by atomic mass is 10.2. The number of rotatable bonds is 6. The van der Waals surface area contributed by atoms with E-state index in [0.29, 0.717) is 19.6 Å². The van der Waals surface area contributed by atoms with Crippen LogP contribution in [0, 0.1) is 0 Å². The molecule has 0 aliphatic carbocycles. The van der Waals surface area contributed by atoms with E-state index in [1.165, 1.54) is 0 Å². The SMILES string of the molecule is CCCS(=O)(=O)NC[C@@H]1Cn2nnc(-c3ccnn3C)c2CO1. The van der Waals surface area contributed by atoms with Gasteiger partial charge in [-0.1, -0.05) is 12.1 Å². The first-order valence-electron chi connectivity index (χ1n) is 7.50. The molecule has 1 aliphatic heterocycles. The second-order valence-corrected chi connectivity index (χ2v) is 7.43. The van der Waals surface area contributed by atoms with Crippen LogP contribution in [-0.4, -0.2) is 51.6 Å². The smallest absolute Gasteiger partial charge is 0.211 e. The van der Waals surface area contributed by atoms with Crippen LogP contribution in [0.3, 0.4) is 0 Å². The van der Waals surface area contributed by atoms with Gasteiger partial charge in [0.15, 0.2) is 0 Å². The largest absolute Gasteiger partial charge is 0.369 e. The normalized spacial score (nSPS) is 18.1. The lowest BCUT2D eigenvalue weighted by Gasteiger charge is -2.24. The molecule has 0 unspecified atom stereocenters. The quantitative estimate of drug-likeness (QED) is 0.788. The summed E-state index contributed by atoms with van der Waals surface area (Å²) >= 11 is 0. The molecule has 3 rings (SSSR count). The van der Waals surface area contributed by atoms with Crippen molar-refractivity contribution < 1.29 is 13.2 Å². The van der Waals surface area contributed by atoms with Crippen LogP contribution < -0.4 is 4.72 Å². The van der Waals surface area contributed by atoms with Crippen molar-refractivity contribution in [3.05, 3.63) is 18.0 Å². The van der Waals surface area contributed by atoms with Crippen LogP contribution >= 0.6 is 0 Å². The topological polar surface area (TPSA) is 104 Å². The molecule has 1 N–H and O–H groups in total. The van der Waals surface area contributed by atoms with Crippen LogP contribution in [0.25, 0.3) is 11.4 Å². The molecule has 0 saturated carbocycles. The van der Waals surface area contributed by atoms with E-state index in [1.54, 1.807) is 15.6 Å². The molecule has 2 aromatic rings. The lowest BCUT2D eigenvalue weighted by molar-refractivity contribution is 0.00430. The standard InChI is InChI=1S/C13H20N6O3S/c1-3-6-23(20,21)15-7-10-8-19-12(9-22-10)13(16-17-19)11-4-5-14-18(11)2/h4-5,10,15H,3,6-9H2,1-2H3/t10-/m1/s1. The molecule has 0 saturated heterocycles. The van der Waals surface area contributed by atoms with E-state index in [-0.39, 0.29) is 18.4 Å². The van der Waals surface area contributed by atoms with Gasteiger partial charge in [0, 0.05) is 19.8 Å².